The molecule has 1 aliphatic rings. The van der Waals surface area contributed by atoms with Crippen molar-refractivity contribution in [2.45, 2.75) is 65.7 Å². The van der Waals surface area contributed by atoms with Crippen LogP contribution in [0.1, 0.15) is 54.1 Å². The molecule has 144 valence electrons. The highest BCUT2D eigenvalue weighted by atomic mass is 16.5. The van der Waals surface area contributed by atoms with Crippen LogP contribution in [0.25, 0.3) is 0 Å². The van der Waals surface area contributed by atoms with Crippen molar-refractivity contribution >= 4 is 0 Å². The van der Waals surface area contributed by atoms with Crippen molar-refractivity contribution < 1.29 is 4.74 Å². The van der Waals surface area contributed by atoms with Crippen molar-refractivity contribution in [3.8, 4) is 0 Å². The van der Waals surface area contributed by atoms with Crippen LogP contribution in [0, 0.1) is 13.8 Å². The Kier molecular flexibility index (Phi) is 6.11. The predicted octanol–water partition coefficient (Wildman–Crippen LogP) is 3.39. The highest BCUT2D eigenvalue weighted by Gasteiger charge is 2.16. The number of H-pyrrole nitrogens is 1. The molecule has 5 heteroatoms. The number of rotatable bonds is 6. The quantitative estimate of drug-likeness (QED) is 0.795. The summed E-state index contributed by atoms with van der Waals surface area (Å²) in [6.07, 6.45) is 8.45. The monoisotopic (exact) mass is 368 g/mol. The van der Waals surface area contributed by atoms with Gasteiger partial charge in [0.2, 0.25) is 0 Å². The van der Waals surface area contributed by atoms with Crippen molar-refractivity contribution in [2.75, 3.05) is 0 Å². The van der Waals surface area contributed by atoms with Crippen molar-refractivity contribution in [2.24, 2.45) is 0 Å². The van der Waals surface area contributed by atoms with Gasteiger partial charge in [0.15, 0.2) is 0 Å². The minimum Gasteiger partial charge on any atom is -0.353 e. The number of nitrogens with one attached hydrogen (secondary N) is 1. The molecule has 27 heavy (non-hydrogen) atoms. The Labute approximate surface area is 159 Å². The first-order valence-electron chi connectivity index (χ1n) is 9.68. The largest absolute Gasteiger partial charge is 0.353 e. The van der Waals surface area contributed by atoms with Gasteiger partial charge in [0.25, 0.3) is 5.56 Å². The molecule has 1 atom stereocenters. The van der Waals surface area contributed by atoms with Crippen LogP contribution >= 0.6 is 0 Å². The summed E-state index contributed by atoms with van der Waals surface area (Å²) in [5.41, 5.74) is 4.13. The number of hydrogen-bond donors (Lipinski definition) is 1. The molecular weight excluding hydrogens is 340 g/mol. The molecule has 0 amide bonds. The molecule has 0 aliphatic heterocycles. The molecule has 1 aromatic carbocycles. The van der Waals surface area contributed by atoms with Crippen LogP contribution in [-0.2, 0) is 24.3 Å². The van der Waals surface area contributed by atoms with Gasteiger partial charge in [0.05, 0.1) is 6.10 Å². The fourth-order valence-corrected chi connectivity index (χ4v) is 3.81. The average molecular weight is 368 g/mol. The lowest BCUT2D eigenvalue weighted by Gasteiger charge is -2.21. The maximum Gasteiger partial charge on any atom is 0.330 e. The molecule has 1 aliphatic carbocycles. The van der Waals surface area contributed by atoms with Crippen LogP contribution in [0.4, 0.5) is 0 Å². The van der Waals surface area contributed by atoms with E-state index in [-0.39, 0.29) is 18.4 Å². The summed E-state index contributed by atoms with van der Waals surface area (Å²) in [4.78, 5) is 27.3. The summed E-state index contributed by atoms with van der Waals surface area (Å²) in [5.74, 6) is 0. The minimum absolute atomic E-state index is 0.0247. The van der Waals surface area contributed by atoms with Crippen LogP contribution in [0.5, 0.6) is 0 Å². The summed E-state index contributed by atoms with van der Waals surface area (Å²) in [6, 6.07) is 6.33. The summed E-state index contributed by atoms with van der Waals surface area (Å²) in [5, 5.41) is 0. The summed E-state index contributed by atoms with van der Waals surface area (Å²) >= 11 is 0. The lowest BCUT2D eigenvalue weighted by molar-refractivity contribution is 0.0226. The zero-order valence-corrected chi connectivity index (χ0v) is 16.4. The Bertz CT molecular complexity index is 933. The molecule has 3 rings (SSSR count). The Balaban J connectivity index is 1.98. The van der Waals surface area contributed by atoms with Crippen molar-refractivity contribution in [3.05, 3.63) is 79.1 Å². The SMILES string of the molecule is CCc1c(Cc2cc(C)cc(C)c2)n(COC2C=CCCC2)c(=O)[nH]c1=O. The summed E-state index contributed by atoms with van der Waals surface area (Å²) in [6.45, 7) is 6.20. The van der Waals surface area contributed by atoms with E-state index in [0.717, 1.165) is 30.5 Å². The number of ether oxygens (including phenoxy) is 1. The van der Waals surface area contributed by atoms with Crippen LogP contribution in [0.15, 0.2) is 39.9 Å². The topological polar surface area (TPSA) is 64.1 Å². The Morgan fingerprint density at radius 3 is 2.56 bits per heavy atom. The molecule has 0 fully saturated rings. The van der Waals surface area contributed by atoms with E-state index in [1.165, 1.54) is 11.1 Å². The number of aromatic nitrogens is 2. The molecule has 1 unspecified atom stereocenters. The number of allylic oxidation sites excluding steroid dienone is 1. The molecule has 0 saturated carbocycles. The first-order chi connectivity index (χ1) is 13.0. The van der Waals surface area contributed by atoms with Gasteiger partial charge in [-0.15, -0.1) is 0 Å². The minimum atomic E-state index is -0.406. The molecule has 5 nitrogen and oxygen atoms in total. The van der Waals surface area contributed by atoms with E-state index < -0.39 is 5.69 Å². The van der Waals surface area contributed by atoms with Crippen LogP contribution < -0.4 is 11.2 Å². The normalized spacial score (nSPS) is 16.6. The second-order valence-corrected chi connectivity index (χ2v) is 7.33. The number of aromatic amines is 1. The van der Waals surface area contributed by atoms with E-state index in [1.807, 2.05) is 6.92 Å². The molecule has 0 bridgehead atoms. The average Bonchev–Trinajstić information content (AvgIpc) is 2.61. The highest BCUT2D eigenvalue weighted by molar-refractivity contribution is 5.33. The third kappa shape index (κ3) is 4.66. The van der Waals surface area contributed by atoms with Gasteiger partial charge in [-0.1, -0.05) is 48.4 Å². The number of benzene rings is 1. The van der Waals surface area contributed by atoms with Gasteiger partial charge in [-0.25, -0.2) is 4.79 Å². The number of nitrogens with zero attached hydrogens (tertiary/aromatic N) is 1. The smallest absolute Gasteiger partial charge is 0.330 e. The van der Waals surface area contributed by atoms with E-state index in [9.17, 15) is 9.59 Å². The van der Waals surface area contributed by atoms with Gasteiger partial charge in [0.1, 0.15) is 6.73 Å². The molecule has 0 saturated heterocycles. The molecule has 1 heterocycles. The summed E-state index contributed by atoms with van der Waals surface area (Å²) < 4.78 is 7.55. The van der Waals surface area contributed by atoms with Crippen LogP contribution in [0.3, 0.4) is 0 Å². The fourth-order valence-electron chi connectivity index (χ4n) is 3.81. The predicted molar refractivity (Wildman–Crippen MR) is 107 cm³/mol. The van der Waals surface area contributed by atoms with Crippen molar-refractivity contribution in [1.82, 2.24) is 9.55 Å². The fraction of sp³-hybridized carbons (Fsp3) is 0.455. The third-order valence-corrected chi connectivity index (χ3v) is 5.05. The maximum absolute atomic E-state index is 12.5. The first kappa shape index (κ1) is 19.4. The van der Waals surface area contributed by atoms with Gasteiger partial charge in [0, 0.05) is 17.7 Å². The van der Waals surface area contributed by atoms with Gasteiger partial charge >= 0.3 is 5.69 Å². The standard InChI is InChI=1S/C22H28N2O3/c1-4-19-20(13-17-11-15(2)10-16(3)12-17)24(22(26)23-21(19)25)14-27-18-8-6-5-7-9-18/h6,8,10-12,18H,4-5,7,9,13-14H2,1-3H3,(H,23,25,26). The van der Waals surface area contributed by atoms with Crippen LogP contribution in [-0.4, -0.2) is 15.7 Å². The van der Waals surface area contributed by atoms with E-state index in [4.69, 9.17) is 4.74 Å². The van der Waals surface area contributed by atoms with E-state index in [1.54, 1.807) is 4.57 Å². The number of aryl methyl sites for hydroxylation is 2. The maximum atomic E-state index is 12.5. The van der Waals surface area contributed by atoms with Gasteiger partial charge in [-0.05, 0) is 45.1 Å². The molecule has 2 aromatic rings. The zero-order chi connectivity index (χ0) is 19.4. The summed E-state index contributed by atoms with van der Waals surface area (Å²) in [7, 11) is 0. The van der Waals surface area contributed by atoms with Gasteiger partial charge in [-0.3, -0.25) is 14.3 Å². The second-order valence-electron chi connectivity index (χ2n) is 7.33. The van der Waals surface area contributed by atoms with Gasteiger partial charge in [-0.2, -0.15) is 0 Å². The van der Waals surface area contributed by atoms with E-state index >= 15 is 0 Å². The van der Waals surface area contributed by atoms with Gasteiger partial charge < -0.3 is 4.74 Å². The molecule has 1 N–H and O–H groups in total. The Morgan fingerprint density at radius 1 is 1.19 bits per heavy atom. The lowest BCUT2D eigenvalue weighted by Crippen LogP contribution is -2.36. The lowest BCUT2D eigenvalue weighted by atomic mass is 10.0. The third-order valence-electron chi connectivity index (χ3n) is 5.05. The van der Waals surface area contributed by atoms with E-state index in [0.29, 0.717) is 18.4 Å². The highest BCUT2D eigenvalue weighted by Crippen LogP contribution is 2.17. The van der Waals surface area contributed by atoms with E-state index in [2.05, 4.69) is 49.2 Å². The molecule has 0 radical (unpaired) electrons. The molecule has 1 aromatic heterocycles. The second kappa shape index (κ2) is 8.53. The zero-order valence-electron chi connectivity index (χ0n) is 16.4. The first-order valence-corrected chi connectivity index (χ1v) is 9.68. The Hall–Kier alpha value is -2.40. The number of hydrogen-bond acceptors (Lipinski definition) is 3. The Morgan fingerprint density at radius 2 is 1.93 bits per heavy atom. The molecule has 0 spiro atoms. The molecular formula is C22H28N2O3. The van der Waals surface area contributed by atoms with Crippen LogP contribution in [0.2, 0.25) is 0 Å². The van der Waals surface area contributed by atoms with Crippen molar-refractivity contribution in [1.29, 1.82) is 0 Å². The van der Waals surface area contributed by atoms with Crippen molar-refractivity contribution in [3.63, 3.8) is 0 Å².